The van der Waals surface area contributed by atoms with E-state index >= 15 is 0 Å². The van der Waals surface area contributed by atoms with E-state index in [1.807, 2.05) is 11.9 Å². The number of aliphatic hydroxyl groups is 1. The van der Waals surface area contributed by atoms with Crippen LogP contribution in [-0.2, 0) is 0 Å². The standard InChI is InChI=1S/C12H16N2O2/c1-14(7-9-5-11(16)6-9)12-10(8-15)3-2-4-13-12/h2-4,8-9,11,16H,5-7H2,1H3. The Bertz CT molecular complexity index is 375. The van der Waals surface area contributed by atoms with Gasteiger partial charge in [-0.3, -0.25) is 4.79 Å². The largest absolute Gasteiger partial charge is 0.393 e. The number of aromatic nitrogens is 1. The molecule has 0 unspecified atom stereocenters. The first kappa shape index (κ1) is 11.1. The Hall–Kier alpha value is -1.42. The maximum absolute atomic E-state index is 10.8. The van der Waals surface area contributed by atoms with Gasteiger partial charge in [0.25, 0.3) is 0 Å². The smallest absolute Gasteiger partial charge is 0.153 e. The molecule has 4 nitrogen and oxygen atoms in total. The molecule has 1 heterocycles. The molecule has 16 heavy (non-hydrogen) atoms. The van der Waals surface area contributed by atoms with Gasteiger partial charge in [0.15, 0.2) is 6.29 Å². The van der Waals surface area contributed by atoms with E-state index in [1.165, 1.54) is 0 Å². The topological polar surface area (TPSA) is 53.4 Å². The van der Waals surface area contributed by atoms with Gasteiger partial charge in [0.1, 0.15) is 5.82 Å². The summed E-state index contributed by atoms with van der Waals surface area (Å²) in [4.78, 5) is 17.0. The van der Waals surface area contributed by atoms with Crippen LogP contribution in [0.15, 0.2) is 18.3 Å². The molecule has 0 aliphatic heterocycles. The SMILES string of the molecule is CN(CC1CC(O)C1)c1ncccc1C=O. The molecule has 1 N–H and O–H groups in total. The monoisotopic (exact) mass is 220 g/mol. The van der Waals surface area contributed by atoms with Crippen molar-refractivity contribution >= 4 is 12.1 Å². The van der Waals surface area contributed by atoms with Crippen molar-refractivity contribution in [2.24, 2.45) is 5.92 Å². The minimum absolute atomic E-state index is 0.132. The third-order valence-electron chi connectivity index (χ3n) is 3.05. The molecule has 0 spiro atoms. The number of nitrogens with zero attached hydrogens (tertiary/aromatic N) is 2. The second kappa shape index (κ2) is 4.61. The summed E-state index contributed by atoms with van der Waals surface area (Å²) in [6, 6.07) is 3.52. The molecule has 0 bridgehead atoms. The first-order valence-corrected chi connectivity index (χ1v) is 5.50. The quantitative estimate of drug-likeness (QED) is 0.772. The normalized spacial score (nSPS) is 23.6. The number of hydrogen-bond donors (Lipinski definition) is 1. The molecule has 1 aromatic rings. The first-order chi connectivity index (χ1) is 7.70. The molecule has 1 saturated carbocycles. The predicted molar refractivity (Wildman–Crippen MR) is 61.6 cm³/mol. The number of aliphatic hydroxyl groups excluding tert-OH is 1. The number of hydrogen-bond acceptors (Lipinski definition) is 4. The van der Waals surface area contributed by atoms with Crippen molar-refractivity contribution < 1.29 is 9.90 Å². The molecular weight excluding hydrogens is 204 g/mol. The minimum Gasteiger partial charge on any atom is -0.393 e. The summed E-state index contributed by atoms with van der Waals surface area (Å²) < 4.78 is 0. The summed E-state index contributed by atoms with van der Waals surface area (Å²) in [6.45, 7) is 0.842. The third-order valence-corrected chi connectivity index (χ3v) is 3.05. The summed E-state index contributed by atoms with van der Waals surface area (Å²) in [5, 5.41) is 9.21. The summed E-state index contributed by atoms with van der Waals surface area (Å²) >= 11 is 0. The Balaban J connectivity index is 2.02. The Kier molecular flexibility index (Phi) is 3.19. The highest BCUT2D eigenvalue weighted by Gasteiger charge is 2.28. The molecule has 0 amide bonds. The second-order valence-electron chi connectivity index (χ2n) is 4.41. The maximum atomic E-state index is 10.8. The molecule has 1 aliphatic rings. The number of carbonyl (C=O) groups is 1. The van der Waals surface area contributed by atoms with Gasteiger partial charge in [-0.25, -0.2) is 4.98 Å². The molecule has 86 valence electrons. The lowest BCUT2D eigenvalue weighted by molar-refractivity contribution is 0.0464. The lowest BCUT2D eigenvalue weighted by Crippen LogP contribution is -2.37. The van der Waals surface area contributed by atoms with Crippen molar-refractivity contribution in [1.29, 1.82) is 0 Å². The summed E-state index contributed by atoms with van der Waals surface area (Å²) in [7, 11) is 1.93. The van der Waals surface area contributed by atoms with Crippen LogP contribution in [-0.4, -0.2) is 36.1 Å². The molecule has 0 radical (unpaired) electrons. The molecule has 2 rings (SSSR count). The Morgan fingerprint density at radius 1 is 1.62 bits per heavy atom. The van der Waals surface area contributed by atoms with E-state index < -0.39 is 0 Å². The van der Waals surface area contributed by atoms with Crippen LogP contribution in [0, 0.1) is 5.92 Å². The van der Waals surface area contributed by atoms with Gasteiger partial charge >= 0.3 is 0 Å². The van der Waals surface area contributed by atoms with E-state index in [2.05, 4.69) is 4.98 Å². The van der Waals surface area contributed by atoms with E-state index in [4.69, 9.17) is 0 Å². The number of aldehydes is 1. The number of rotatable bonds is 4. The van der Waals surface area contributed by atoms with Crippen molar-refractivity contribution in [2.45, 2.75) is 18.9 Å². The minimum atomic E-state index is -0.132. The van der Waals surface area contributed by atoms with Crippen LogP contribution in [0.3, 0.4) is 0 Å². The highest BCUT2D eigenvalue weighted by Crippen LogP contribution is 2.29. The first-order valence-electron chi connectivity index (χ1n) is 5.50. The van der Waals surface area contributed by atoms with E-state index in [-0.39, 0.29) is 6.10 Å². The van der Waals surface area contributed by atoms with Crippen molar-refractivity contribution in [2.75, 3.05) is 18.5 Å². The van der Waals surface area contributed by atoms with Gasteiger partial charge in [-0.1, -0.05) is 0 Å². The van der Waals surface area contributed by atoms with Gasteiger partial charge in [0.2, 0.25) is 0 Å². The average molecular weight is 220 g/mol. The van der Waals surface area contributed by atoms with Crippen LogP contribution in [0.25, 0.3) is 0 Å². The molecule has 1 aromatic heterocycles. The Labute approximate surface area is 94.9 Å². The fourth-order valence-electron chi connectivity index (χ4n) is 2.14. The zero-order chi connectivity index (χ0) is 11.5. The number of pyridine rings is 1. The number of carbonyl (C=O) groups excluding carboxylic acids is 1. The van der Waals surface area contributed by atoms with Crippen LogP contribution in [0.2, 0.25) is 0 Å². The molecular formula is C12H16N2O2. The highest BCUT2D eigenvalue weighted by molar-refractivity contribution is 5.82. The van der Waals surface area contributed by atoms with Crippen LogP contribution >= 0.6 is 0 Å². The van der Waals surface area contributed by atoms with Crippen LogP contribution < -0.4 is 4.90 Å². The van der Waals surface area contributed by atoms with Crippen LogP contribution in [0.4, 0.5) is 5.82 Å². The predicted octanol–water partition coefficient (Wildman–Crippen LogP) is 1.10. The lowest BCUT2D eigenvalue weighted by Gasteiger charge is -2.35. The molecule has 1 aliphatic carbocycles. The van der Waals surface area contributed by atoms with Gasteiger partial charge in [0, 0.05) is 19.8 Å². The van der Waals surface area contributed by atoms with Crippen molar-refractivity contribution in [3.8, 4) is 0 Å². The fourth-order valence-corrected chi connectivity index (χ4v) is 2.14. The third kappa shape index (κ3) is 2.22. The molecule has 0 aromatic carbocycles. The summed E-state index contributed by atoms with van der Waals surface area (Å²) in [6.07, 6.45) is 4.09. The van der Waals surface area contributed by atoms with Gasteiger partial charge in [-0.2, -0.15) is 0 Å². The molecule has 4 heteroatoms. The van der Waals surface area contributed by atoms with Crippen molar-refractivity contribution in [1.82, 2.24) is 4.98 Å². The molecule has 0 saturated heterocycles. The van der Waals surface area contributed by atoms with E-state index in [9.17, 15) is 9.90 Å². The highest BCUT2D eigenvalue weighted by atomic mass is 16.3. The van der Waals surface area contributed by atoms with Gasteiger partial charge < -0.3 is 10.0 Å². The Morgan fingerprint density at radius 2 is 2.38 bits per heavy atom. The number of anilines is 1. The summed E-state index contributed by atoms with van der Waals surface area (Å²) in [5.41, 5.74) is 0.616. The van der Waals surface area contributed by atoms with Crippen molar-refractivity contribution in [3.63, 3.8) is 0 Å². The molecule has 0 atom stereocenters. The van der Waals surface area contributed by atoms with Gasteiger partial charge in [-0.15, -0.1) is 0 Å². The summed E-state index contributed by atoms with van der Waals surface area (Å²) in [5.74, 6) is 1.24. The van der Waals surface area contributed by atoms with Gasteiger partial charge in [0.05, 0.1) is 11.7 Å². The van der Waals surface area contributed by atoms with E-state index in [1.54, 1.807) is 18.3 Å². The Morgan fingerprint density at radius 3 is 3.00 bits per heavy atom. The lowest BCUT2D eigenvalue weighted by atomic mass is 9.82. The van der Waals surface area contributed by atoms with Gasteiger partial charge in [-0.05, 0) is 30.9 Å². The van der Waals surface area contributed by atoms with E-state index in [0.717, 1.165) is 31.5 Å². The zero-order valence-electron chi connectivity index (χ0n) is 9.34. The van der Waals surface area contributed by atoms with Crippen molar-refractivity contribution in [3.05, 3.63) is 23.9 Å². The fraction of sp³-hybridized carbons (Fsp3) is 0.500. The zero-order valence-corrected chi connectivity index (χ0v) is 9.34. The van der Waals surface area contributed by atoms with Crippen LogP contribution in [0.1, 0.15) is 23.2 Å². The van der Waals surface area contributed by atoms with Crippen LogP contribution in [0.5, 0.6) is 0 Å². The molecule has 1 fully saturated rings. The van der Waals surface area contributed by atoms with E-state index in [0.29, 0.717) is 11.5 Å². The average Bonchev–Trinajstić information content (AvgIpc) is 2.27. The maximum Gasteiger partial charge on any atom is 0.153 e. The second-order valence-corrected chi connectivity index (χ2v) is 4.41.